The highest BCUT2D eigenvalue weighted by molar-refractivity contribution is 7.89. The zero-order valence-corrected chi connectivity index (χ0v) is 18.7. The standard InChI is InChI=1S/C21H19F6N3O4S/c22-20(23,24)13-2-5-16(6-3-13)35(32,33)29-8-1-9-30-15(12-29)10-17(19(30)31)34-18-7-4-14(11-28-18)21(25,26)27/h2-7,11,15,17H,1,8-10,12H2/t15?,17-/m0/s1. The van der Waals surface area contributed by atoms with Gasteiger partial charge in [-0.25, -0.2) is 13.4 Å². The van der Waals surface area contributed by atoms with Gasteiger partial charge < -0.3 is 9.64 Å². The molecule has 14 heteroatoms. The van der Waals surface area contributed by atoms with Gasteiger partial charge in [0, 0.05) is 44.4 Å². The van der Waals surface area contributed by atoms with Gasteiger partial charge in [0.2, 0.25) is 15.9 Å². The highest BCUT2D eigenvalue weighted by Gasteiger charge is 2.45. The molecular weight excluding hydrogens is 504 g/mol. The van der Waals surface area contributed by atoms with Crippen molar-refractivity contribution in [1.82, 2.24) is 14.2 Å². The molecule has 2 aliphatic rings. The molecule has 0 radical (unpaired) electrons. The molecule has 0 saturated carbocycles. The minimum Gasteiger partial charge on any atom is -0.464 e. The van der Waals surface area contributed by atoms with Gasteiger partial charge in [0.15, 0.2) is 6.10 Å². The van der Waals surface area contributed by atoms with Crippen LogP contribution in [0.5, 0.6) is 5.88 Å². The van der Waals surface area contributed by atoms with Gasteiger partial charge >= 0.3 is 12.4 Å². The molecule has 1 amide bonds. The third-order valence-electron chi connectivity index (χ3n) is 5.85. The molecule has 2 aromatic rings. The quantitative estimate of drug-likeness (QED) is 0.573. The van der Waals surface area contributed by atoms with Crippen molar-refractivity contribution >= 4 is 15.9 Å². The molecule has 4 rings (SSSR count). The minimum atomic E-state index is -4.60. The fraction of sp³-hybridized carbons (Fsp3) is 0.429. The molecule has 2 atom stereocenters. The van der Waals surface area contributed by atoms with Crippen LogP contribution in [0.2, 0.25) is 0 Å². The number of ether oxygens (including phenoxy) is 1. The lowest BCUT2D eigenvalue weighted by atomic mass is 10.2. The molecule has 7 nitrogen and oxygen atoms in total. The largest absolute Gasteiger partial charge is 0.464 e. The van der Waals surface area contributed by atoms with Crippen LogP contribution >= 0.6 is 0 Å². The van der Waals surface area contributed by atoms with Crippen LogP contribution in [0.4, 0.5) is 26.3 Å². The minimum absolute atomic E-state index is 0.0651. The van der Waals surface area contributed by atoms with Crippen molar-refractivity contribution in [2.24, 2.45) is 0 Å². The molecule has 0 N–H and O–H groups in total. The summed E-state index contributed by atoms with van der Waals surface area (Å²) in [6.45, 7) is 0.188. The predicted octanol–water partition coefficient (Wildman–Crippen LogP) is 3.56. The van der Waals surface area contributed by atoms with Gasteiger partial charge in [0.1, 0.15) is 0 Å². The van der Waals surface area contributed by atoms with Crippen molar-refractivity contribution in [3.8, 4) is 5.88 Å². The zero-order chi connectivity index (χ0) is 25.6. The van der Waals surface area contributed by atoms with E-state index in [4.69, 9.17) is 4.74 Å². The molecule has 0 spiro atoms. The first-order chi connectivity index (χ1) is 16.3. The van der Waals surface area contributed by atoms with E-state index >= 15 is 0 Å². The van der Waals surface area contributed by atoms with Gasteiger partial charge in [-0.2, -0.15) is 30.6 Å². The number of amides is 1. The first-order valence-electron chi connectivity index (χ1n) is 10.4. The summed E-state index contributed by atoms with van der Waals surface area (Å²) in [5, 5.41) is 0. The van der Waals surface area contributed by atoms with Gasteiger partial charge in [0.05, 0.1) is 16.0 Å². The summed E-state index contributed by atoms with van der Waals surface area (Å²) in [5.74, 6) is -0.617. The number of nitrogens with zero attached hydrogens (tertiary/aromatic N) is 3. The Kier molecular flexibility index (Phi) is 6.47. The number of alkyl halides is 6. The Labute approximate surface area is 196 Å². The third kappa shape index (κ3) is 5.22. The van der Waals surface area contributed by atoms with Gasteiger partial charge in [-0.3, -0.25) is 4.79 Å². The summed E-state index contributed by atoms with van der Waals surface area (Å²) in [6, 6.07) is 4.37. The number of sulfonamides is 1. The number of aromatic nitrogens is 1. The average molecular weight is 523 g/mol. The van der Waals surface area contributed by atoms with E-state index in [1.807, 2.05) is 0 Å². The van der Waals surface area contributed by atoms with Gasteiger partial charge in [-0.1, -0.05) is 0 Å². The molecule has 1 aromatic carbocycles. The second-order valence-electron chi connectivity index (χ2n) is 8.15. The highest BCUT2D eigenvalue weighted by Crippen LogP contribution is 2.33. The van der Waals surface area contributed by atoms with Crippen molar-refractivity contribution < 1.29 is 44.3 Å². The third-order valence-corrected chi connectivity index (χ3v) is 7.73. The van der Waals surface area contributed by atoms with E-state index in [0.29, 0.717) is 18.3 Å². The summed E-state index contributed by atoms with van der Waals surface area (Å²) >= 11 is 0. The van der Waals surface area contributed by atoms with Crippen molar-refractivity contribution in [1.29, 1.82) is 0 Å². The van der Waals surface area contributed by atoms with E-state index in [1.54, 1.807) is 0 Å². The summed E-state index contributed by atoms with van der Waals surface area (Å²) in [4.78, 5) is 17.6. The molecule has 0 bridgehead atoms. The number of fused-ring (bicyclic) bond motifs is 1. The van der Waals surface area contributed by atoms with Gasteiger partial charge in [-0.15, -0.1) is 0 Å². The second kappa shape index (κ2) is 8.97. The maximum Gasteiger partial charge on any atom is 0.417 e. The predicted molar refractivity (Wildman–Crippen MR) is 109 cm³/mol. The van der Waals surface area contributed by atoms with Crippen molar-refractivity contribution in [3.63, 3.8) is 0 Å². The molecule has 2 fully saturated rings. The maximum absolute atomic E-state index is 13.1. The monoisotopic (exact) mass is 523 g/mol. The van der Waals surface area contributed by atoms with E-state index in [2.05, 4.69) is 4.98 Å². The lowest BCUT2D eigenvalue weighted by Gasteiger charge is -2.25. The normalized spacial score (nSPS) is 22.1. The number of hydrogen-bond acceptors (Lipinski definition) is 5. The first-order valence-corrected chi connectivity index (χ1v) is 11.9. The van der Waals surface area contributed by atoms with E-state index in [1.165, 1.54) is 4.90 Å². The van der Waals surface area contributed by atoms with E-state index in [0.717, 1.165) is 28.6 Å². The number of pyridine rings is 1. The molecule has 2 saturated heterocycles. The average Bonchev–Trinajstić information content (AvgIpc) is 2.94. The van der Waals surface area contributed by atoms with E-state index in [9.17, 15) is 39.6 Å². The first kappa shape index (κ1) is 25.2. The smallest absolute Gasteiger partial charge is 0.417 e. The van der Waals surface area contributed by atoms with Crippen molar-refractivity contribution in [3.05, 3.63) is 53.7 Å². The molecule has 1 aromatic heterocycles. The fourth-order valence-corrected chi connectivity index (χ4v) is 5.61. The number of carbonyl (C=O) groups is 1. The Morgan fingerprint density at radius 1 is 0.914 bits per heavy atom. The zero-order valence-electron chi connectivity index (χ0n) is 17.9. The van der Waals surface area contributed by atoms with Crippen LogP contribution in [-0.4, -0.2) is 60.3 Å². The lowest BCUT2D eigenvalue weighted by molar-refractivity contribution is -0.138. The van der Waals surface area contributed by atoms with Crippen LogP contribution in [0.1, 0.15) is 24.0 Å². The molecule has 190 valence electrons. The van der Waals surface area contributed by atoms with E-state index in [-0.39, 0.29) is 43.3 Å². The molecule has 0 aliphatic carbocycles. The molecule has 3 heterocycles. The summed E-state index contributed by atoms with van der Waals surface area (Å²) in [5.41, 5.74) is -1.95. The molecule has 35 heavy (non-hydrogen) atoms. The summed E-state index contributed by atoms with van der Waals surface area (Å²) in [6.07, 6.45) is -9.29. The van der Waals surface area contributed by atoms with Crippen LogP contribution < -0.4 is 4.74 Å². The topological polar surface area (TPSA) is 79.8 Å². The van der Waals surface area contributed by atoms with Gasteiger partial charge in [0.25, 0.3) is 5.91 Å². The Morgan fingerprint density at radius 2 is 1.54 bits per heavy atom. The lowest BCUT2D eigenvalue weighted by Crippen LogP contribution is -2.40. The number of halogens is 6. The van der Waals surface area contributed by atoms with Crippen LogP contribution in [0.3, 0.4) is 0 Å². The molecular formula is C21H19F6N3O4S. The summed E-state index contributed by atoms with van der Waals surface area (Å²) in [7, 11) is -4.13. The number of carbonyl (C=O) groups excluding carboxylic acids is 1. The van der Waals surface area contributed by atoms with E-state index < -0.39 is 51.6 Å². The number of hydrogen-bond donors (Lipinski definition) is 0. The molecule has 2 aliphatic heterocycles. The number of benzene rings is 1. The Morgan fingerprint density at radius 3 is 2.11 bits per heavy atom. The summed E-state index contributed by atoms with van der Waals surface area (Å²) < 4.78 is 109. The van der Waals surface area contributed by atoms with Crippen LogP contribution in [0.15, 0.2) is 47.5 Å². The molecule has 1 unspecified atom stereocenters. The Bertz CT molecular complexity index is 1180. The maximum atomic E-state index is 13.1. The van der Waals surface area contributed by atoms with Crippen LogP contribution in [0.25, 0.3) is 0 Å². The Hall–Kier alpha value is -2.87. The SMILES string of the molecule is O=C1[C@@H](Oc2ccc(C(F)(F)F)cn2)CC2CN(S(=O)(=O)c3ccc(C(F)(F)F)cc3)CCCN12. The van der Waals surface area contributed by atoms with Gasteiger partial charge in [-0.05, 0) is 36.8 Å². The van der Waals surface area contributed by atoms with Crippen LogP contribution in [0, 0.1) is 0 Å². The second-order valence-corrected chi connectivity index (χ2v) is 10.1. The van der Waals surface area contributed by atoms with Crippen molar-refractivity contribution in [2.45, 2.75) is 42.2 Å². The highest BCUT2D eigenvalue weighted by atomic mass is 32.2. The fourth-order valence-electron chi connectivity index (χ4n) is 4.09. The van der Waals surface area contributed by atoms with Crippen molar-refractivity contribution in [2.75, 3.05) is 19.6 Å². The Balaban J connectivity index is 1.47. The van der Waals surface area contributed by atoms with Crippen LogP contribution in [-0.2, 0) is 27.2 Å². The number of rotatable bonds is 4.